The Labute approximate surface area is 88.1 Å². The Morgan fingerprint density at radius 3 is 2.53 bits per heavy atom. The van der Waals surface area contributed by atoms with E-state index < -0.39 is 11.9 Å². The molecule has 1 unspecified atom stereocenters. The van der Waals surface area contributed by atoms with Crippen LogP contribution in [0.15, 0.2) is 24.3 Å². The molecule has 0 heterocycles. The molecule has 1 rings (SSSR count). The zero-order valence-electron chi connectivity index (χ0n) is 8.31. The summed E-state index contributed by atoms with van der Waals surface area (Å²) in [7, 11) is 0. The predicted octanol–water partition coefficient (Wildman–Crippen LogP) is -0.706. The maximum atomic E-state index is 10.6. The topological polar surface area (TPSA) is 101 Å². The third-order valence-corrected chi connectivity index (χ3v) is 2.00. The fraction of sp³-hybridized carbons (Fsp3) is 0.300. The summed E-state index contributed by atoms with van der Waals surface area (Å²) in [5.74, 6) is -0.291. The van der Waals surface area contributed by atoms with Crippen LogP contribution in [0.3, 0.4) is 0 Å². The number of amides is 1. The molecule has 1 aromatic carbocycles. The Balaban J connectivity index is 2.32. The molecule has 82 valence electrons. The summed E-state index contributed by atoms with van der Waals surface area (Å²) in [6.07, 6.45) is 0. The SMILES string of the molecule is NC(=O)C(N)CNCc1ccc(O)cc1. The smallest absolute Gasteiger partial charge is 0.235 e. The van der Waals surface area contributed by atoms with Crippen molar-refractivity contribution in [1.82, 2.24) is 5.32 Å². The minimum atomic E-state index is -0.665. The summed E-state index contributed by atoms with van der Waals surface area (Å²) in [5, 5.41) is 12.0. The molecule has 1 amide bonds. The average molecular weight is 209 g/mol. The Hall–Kier alpha value is -1.59. The molecular weight excluding hydrogens is 194 g/mol. The van der Waals surface area contributed by atoms with Crippen LogP contribution in [-0.4, -0.2) is 23.6 Å². The van der Waals surface area contributed by atoms with Crippen LogP contribution in [0, 0.1) is 0 Å². The van der Waals surface area contributed by atoms with Crippen LogP contribution in [0.1, 0.15) is 5.56 Å². The molecule has 0 radical (unpaired) electrons. The molecule has 5 heteroatoms. The van der Waals surface area contributed by atoms with Crippen molar-refractivity contribution < 1.29 is 9.90 Å². The number of phenolic OH excluding ortho intramolecular Hbond substituents is 1. The Morgan fingerprint density at radius 2 is 2.00 bits per heavy atom. The highest BCUT2D eigenvalue weighted by Crippen LogP contribution is 2.08. The number of hydrogen-bond donors (Lipinski definition) is 4. The predicted molar refractivity (Wildman–Crippen MR) is 57.0 cm³/mol. The van der Waals surface area contributed by atoms with Gasteiger partial charge in [0.05, 0.1) is 6.04 Å². The normalized spacial score (nSPS) is 12.3. The first-order valence-electron chi connectivity index (χ1n) is 4.63. The first kappa shape index (κ1) is 11.5. The zero-order chi connectivity index (χ0) is 11.3. The number of phenols is 1. The summed E-state index contributed by atoms with van der Waals surface area (Å²) >= 11 is 0. The van der Waals surface area contributed by atoms with E-state index in [0.717, 1.165) is 5.56 Å². The van der Waals surface area contributed by atoms with Gasteiger partial charge >= 0.3 is 0 Å². The highest BCUT2D eigenvalue weighted by Gasteiger charge is 2.07. The third kappa shape index (κ3) is 3.97. The first-order valence-corrected chi connectivity index (χ1v) is 4.63. The number of rotatable bonds is 5. The van der Waals surface area contributed by atoms with Gasteiger partial charge in [0, 0.05) is 13.1 Å². The molecule has 6 N–H and O–H groups in total. The van der Waals surface area contributed by atoms with Crippen LogP contribution in [0.2, 0.25) is 0 Å². The average Bonchev–Trinajstić information content (AvgIpc) is 2.20. The summed E-state index contributed by atoms with van der Waals surface area (Å²) in [5.41, 5.74) is 11.4. The van der Waals surface area contributed by atoms with Crippen molar-refractivity contribution in [2.75, 3.05) is 6.54 Å². The number of carbonyl (C=O) groups is 1. The van der Waals surface area contributed by atoms with Gasteiger partial charge in [-0.1, -0.05) is 12.1 Å². The number of benzene rings is 1. The van der Waals surface area contributed by atoms with Crippen LogP contribution in [0.5, 0.6) is 5.75 Å². The second-order valence-electron chi connectivity index (χ2n) is 3.31. The second-order valence-corrected chi connectivity index (χ2v) is 3.31. The van der Waals surface area contributed by atoms with Gasteiger partial charge < -0.3 is 21.9 Å². The number of carbonyl (C=O) groups excluding carboxylic acids is 1. The van der Waals surface area contributed by atoms with Crippen molar-refractivity contribution in [3.63, 3.8) is 0 Å². The van der Waals surface area contributed by atoms with Crippen LogP contribution in [0.4, 0.5) is 0 Å². The van der Waals surface area contributed by atoms with Gasteiger partial charge in [0.2, 0.25) is 5.91 Å². The molecule has 5 nitrogen and oxygen atoms in total. The molecular formula is C10H15N3O2. The summed E-state index contributed by atoms with van der Waals surface area (Å²) < 4.78 is 0. The molecule has 1 atom stereocenters. The van der Waals surface area contributed by atoms with Gasteiger partial charge in [0.15, 0.2) is 0 Å². The molecule has 0 bridgehead atoms. The van der Waals surface area contributed by atoms with Gasteiger partial charge in [-0.2, -0.15) is 0 Å². The van der Waals surface area contributed by atoms with Gasteiger partial charge in [0.25, 0.3) is 0 Å². The lowest BCUT2D eigenvalue weighted by Crippen LogP contribution is -2.44. The van der Waals surface area contributed by atoms with Crippen LogP contribution in [-0.2, 0) is 11.3 Å². The molecule has 0 fully saturated rings. The van der Waals surface area contributed by atoms with Crippen LogP contribution < -0.4 is 16.8 Å². The second kappa shape index (κ2) is 5.33. The van der Waals surface area contributed by atoms with Crippen LogP contribution >= 0.6 is 0 Å². The number of nitrogens with two attached hydrogens (primary N) is 2. The van der Waals surface area contributed by atoms with Crippen molar-refractivity contribution >= 4 is 5.91 Å². The highest BCUT2D eigenvalue weighted by atomic mass is 16.3. The van der Waals surface area contributed by atoms with Crippen molar-refractivity contribution in [1.29, 1.82) is 0 Å². The summed E-state index contributed by atoms with van der Waals surface area (Å²) in [4.78, 5) is 10.6. The van der Waals surface area contributed by atoms with Gasteiger partial charge in [-0.3, -0.25) is 4.79 Å². The van der Waals surface area contributed by atoms with Crippen molar-refractivity contribution in [3.05, 3.63) is 29.8 Å². The van der Waals surface area contributed by atoms with E-state index >= 15 is 0 Å². The third-order valence-electron chi connectivity index (χ3n) is 2.00. The van der Waals surface area contributed by atoms with E-state index in [9.17, 15) is 4.79 Å². The van der Waals surface area contributed by atoms with E-state index in [1.54, 1.807) is 24.3 Å². The molecule has 0 aliphatic heterocycles. The zero-order valence-corrected chi connectivity index (χ0v) is 8.31. The lowest BCUT2D eigenvalue weighted by atomic mass is 10.2. The van der Waals surface area contributed by atoms with E-state index in [2.05, 4.69) is 5.32 Å². The molecule has 0 saturated heterocycles. The Bertz CT molecular complexity index is 324. The number of nitrogens with one attached hydrogen (secondary N) is 1. The summed E-state index contributed by atoms with van der Waals surface area (Å²) in [6.45, 7) is 0.928. The monoisotopic (exact) mass is 209 g/mol. The van der Waals surface area contributed by atoms with E-state index in [1.165, 1.54) is 0 Å². The number of primary amides is 1. The largest absolute Gasteiger partial charge is 0.508 e. The summed E-state index contributed by atoms with van der Waals surface area (Å²) in [6, 6.07) is 6.12. The molecule has 1 aromatic rings. The van der Waals surface area contributed by atoms with E-state index in [4.69, 9.17) is 16.6 Å². The lowest BCUT2D eigenvalue weighted by Gasteiger charge is -2.08. The van der Waals surface area contributed by atoms with E-state index in [1.807, 2.05) is 0 Å². The lowest BCUT2D eigenvalue weighted by molar-refractivity contribution is -0.119. The van der Waals surface area contributed by atoms with Crippen molar-refractivity contribution in [3.8, 4) is 5.75 Å². The van der Waals surface area contributed by atoms with Gasteiger partial charge in [0.1, 0.15) is 5.75 Å². The number of aromatic hydroxyl groups is 1. The van der Waals surface area contributed by atoms with Gasteiger partial charge in [-0.15, -0.1) is 0 Å². The Kier molecular flexibility index (Phi) is 4.08. The fourth-order valence-electron chi connectivity index (χ4n) is 1.09. The standard InChI is InChI=1S/C10H15N3O2/c11-9(10(12)15)6-13-5-7-1-3-8(14)4-2-7/h1-4,9,13-14H,5-6,11H2,(H2,12,15). The molecule has 15 heavy (non-hydrogen) atoms. The molecule has 0 aliphatic carbocycles. The number of hydrogen-bond acceptors (Lipinski definition) is 4. The fourth-order valence-corrected chi connectivity index (χ4v) is 1.09. The highest BCUT2D eigenvalue weighted by molar-refractivity contribution is 5.79. The molecule has 0 aliphatic rings. The van der Waals surface area contributed by atoms with Gasteiger partial charge in [-0.25, -0.2) is 0 Å². The maximum Gasteiger partial charge on any atom is 0.235 e. The minimum Gasteiger partial charge on any atom is -0.508 e. The quantitative estimate of drug-likeness (QED) is 0.514. The minimum absolute atomic E-state index is 0.229. The van der Waals surface area contributed by atoms with Crippen molar-refractivity contribution in [2.24, 2.45) is 11.5 Å². The van der Waals surface area contributed by atoms with E-state index in [-0.39, 0.29) is 5.75 Å². The van der Waals surface area contributed by atoms with Gasteiger partial charge in [-0.05, 0) is 17.7 Å². The molecule has 0 aromatic heterocycles. The van der Waals surface area contributed by atoms with Crippen LogP contribution in [0.25, 0.3) is 0 Å². The molecule has 0 saturated carbocycles. The van der Waals surface area contributed by atoms with E-state index in [0.29, 0.717) is 13.1 Å². The Morgan fingerprint density at radius 1 is 1.40 bits per heavy atom. The first-order chi connectivity index (χ1) is 7.09. The maximum absolute atomic E-state index is 10.6. The van der Waals surface area contributed by atoms with Crippen molar-refractivity contribution in [2.45, 2.75) is 12.6 Å². The molecule has 0 spiro atoms.